The van der Waals surface area contributed by atoms with Crippen LogP contribution < -0.4 is 5.32 Å². The van der Waals surface area contributed by atoms with Crippen molar-refractivity contribution in [1.29, 1.82) is 0 Å². The van der Waals surface area contributed by atoms with Gasteiger partial charge in [0.1, 0.15) is 11.9 Å². The zero-order valence-corrected chi connectivity index (χ0v) is 15.4. The first-order valence-electron chi connectivity index (χ1n) is 8.65. The van der Waals surface area contributed by atoms with Gasteiger partial charge in [-0.25, -0.2) is 4.39 Å². The molecule has 1 N–H and O–H groups in total. The molecule has 2 aromatic rings. The van der Waals surface area contributed by atoms with E-state index in [4.69, 9.17) is 0 Å². The Morgan fingerprint density at radius 2 is 1.78 bits per heavy atom. The summed E-state index contributed by atoms with van der Waals surface area (Å²) in [6, 6.07) is 7.83. The van der Waals surface area contributed by atoms with E-state index in [1.54, 1.807) is 11.8 Å². The van der Waals surface area contributed by atoms with Crippen LogP contribution in [0.15, 0.2) is 42.5 Å². The molecule has 0 spiro atoms. The highest BCUT2D eigenvalue weighted by atomic mass is 19.4. The molecule has 0 aliphatic carbocycles. The molecule has 1 amide bonds. The van der Waals surface area contributed by atoms with E-state index in [0.717, 1.165) is 12.1 Å². The fraction of sp³-hybridized carbons (Fsp3) is 0.350. The molecule has 0 bridgehead atoms. The zero-order chi connectivity index (χ0) is 20.2. The SMILES string of the molecule is CCN(CC)[C@H](C(=O)Nc1ccc(F)cc1C)c1cccc(C(F)(F)F)c1. The molecule has 2 rings (SSSR count). The predicted molar refractivity (Wildman–Crippen MR) is 96.9 cm³/mol. The summed E-state index contributed by atoms with van der Waals surface area (Å²) in [7, 11) is 0. The van der Waals surface area contributed by atoms with Gasteiger partial charge in [0.05, 0.1) is 5.56 Å². The fourth-order valence-electron chi connectivity index (χ4n) is 2.97. The number of amides is 1. The number of alkyl halides is 3. The van der Waals surface area contributed by atoms with Crippen LogP contribution in [0.25, 0.3) is 0 Å². The molecule has 3 nitrogen and oxygen atoms in total. The maximum Gasteiger partial charge on any atom is 0.416 e. The van der Waals surface area contributed by atoms with Gasteiger partial charge in [0.25, 0.3) is 0 Å². The summed E-state index contributed by atoms with van der Waals surface area (Å²) in [4.78, 5) is 14.7. The van der Waals surface area contributed by atoms with E-state index >= 15 is 0 Å². The molecular formula is C20H22F4N2O. The molecule has 0 aliphatic rings. The largest absolute Gasteiger partial charge is 0.416 e. The highest BCUT2D eigenvalue weighted by Gasteiger charge is 2.33. The Bertz CT molecular complexity index is 801. The van der Waals surface area contributed by atoms with Crippen molar-refractivity contribution in [1.82, 2.24) is 4.90 Å². The lowest BCUT2D eigenvalue weighted by molar-refractivity contribution is -0.137. The van der Waals surface area contributed by atoms with Crippen molar-refractivity contribution in [2.45, 2.75) is 33.0 Å². The molecule has 7 heteroatoms. The van der Waals surface area contributed by atoms with E-state index in [2.05, 4.69) is 5.32 Å². The van der Waals surface area contributed by atoms with Gasteiger partial charge in [-0.1, -0.05) is 26.0 Å². The average molecular weight is 382 g/mol. The molecule has 0 saturated heterocycles. The Balaban J connectivity index is 2.41. The van der Waals surface area contributed by atoms with Gasteiger partial charge in [0.2, 0.25) is 5.91 Å². The van der Waals surface area contributed by atoms with E-state index in [-0.39, 0.29) is 5.56 Å². The second-order valence-corrected chi connectivity index (χ2v) is 6.20. The first kappa shape index (κ1) is 20.9. The molecule has 146 valence electrons. The third kappa shape index (κ3) is 5.07. The number of hydrogen-bond acceptors (Lipinski definition) is 2. The van der Waals surface area contributed by atoms with Gasteiger partial charge < -0.3 is 5.32 Å². The van der Waals surface area contributed by atoms with Crippen LogP contribution in [-0.4, -0.2) is 23.9 Å². The van der Waals surface area contributed by atoms with Crippen molar-refractivity contribution in [3.63, 3.8) is 0 Å². The number of hydrogen-bond donors (Lipinski definition) is 1. The number of anilines is 1. The summed E-state index contributed by atoms with van der Waals surface area (Å²) in [5, 5.41) is 2.71. The van der Waals surface area contributed by atoms with Crippen molar-refractivity contribution in [3.05, 3.63) is 65.0 Å². The molecule has 0 aliphatic heterocycles. The molecule has 27 heavy (non-hydrogen) atoms. The van der Waals surface area contributed by atoms with Crippen LogP contribution in [0.1, 0.15) is 36.6 Å². The Hall–Kier alpha value is -2.41. The van der Waals surface area contributed by atoms with Crippen molar-refractivity contribution in [2.75, 3.05) is 18.4 Å². The van der Waals surface area contributed by atoms with Crippen LogP contribution in [-0.2, 0) is 11.0 Å². The van der Waals surface area contributed by atoms with Crippen molar-refractivity contribution in [2.24, 2.45) is 0 Å². The summed E-state index contributed by atoms with van der Waals surface area (Å²) in [5.74, 6) is -0.892. The van der Waals surface area contributed by atoms with Gasteiger partial charge in [0, 0.05) is 5.69 Å². The third-order valence-electron chi connectivity index (χ3n) is 4.40. The molecule has 2 aromatic carbocycles. The monoisotopic (exact) mass is 382 g/mol. The Labute approximate surface area is 156 Å². The summed E-state index contributed by atoms with van der Waals surface area (Å²) in [5.41, 5.74) is 0.407. The Kier molecular flexibility index (Phi) is 6.59. The fourth-order valence-corrected chi connectivity index (χ4v) is 2.97. The van der Waals surface area contributed by atoms with E-state index < -0.39 is 29.5 Å². The van der Waals surface area contributed by atoms with Gasteiger partial charge >= 0.3 is 6.18 Å². The molecule has 0 aromatic heterocycles. The van der Waals surface area contributed by atoms with Crippen molar-refractivity contribution in [3.8, 4) is 0 Å². The lowest BCUT2D eigenvalue weighted by Gasteiger charge is -2.29. The third-order valence-corrected chi connectivity index (χ3v) is 4.40. The summed E-state index contributed by atoms with van der Waals surface area (Å²) >= 11 is 0. The van der Waals surface area contributed by atoms with Gasteiger partial charge in [-0.3, -0.25) is 9.69 Å². The number of rotatable bonds is 6. The summed E-state index contributed by atoms with van der Waals surface area (Å²) in [6.07, 6.45) is -4.49. The van der Waals surface area contributed by atoms with E-state index in [1.807, 2.05) is 13.8 Å². The second kappa shape index (κ2) is 8.52. The number of carbonyl (C=O) groups is 1. The highest BCUT2D eigenvalue weighted by molar-refractivity contribution is 5.96. The number of aryl methyl sites for hydroxylation is 1. The summed E-state index contributed by atoms with van der Waals surface area (Å²) in [6.45, 7) is 6.27. The maximum atomic E-state index is 13.3. The number of carbonyl (C=O) groups excluding carboxylic acids is 1. The molecule has 0 saturated carbocycles. The van der Waals surface area contributed by atoms with Crippen molar-refractivity contribution >= 4 is 11.6 Å². The van der Waals surface area contributed by atoms with Gasteiger partial charge in [-0.15, -0.1) is 0 Å². The van der Waals surface area contributed by atoms with Crippen LogP contribution in [0.5, 0.6) is 0 Å². The lowest BCUT2D eigenvalue weighted by atomic mass is 10.0. The van der Waals surface area contributed by atoms with Gasteiger partial charge in [0.15, 0.2) is 0 Å². The standard InChI is InChI=1S/C20H22F4N2O/c1-4-26(5-2)18(14-7-6-8-15(12-14)20(22,23)24)19(27)25-17-10-9-16(21)11-13(17)3/h6-12,18H,4-5H2,1-3H3,(H,25,27)/t18-/m0/s1. The number of benzene rings is 2. The summed E-state index contributed by atoms with van der Waals surface area (Å²) < 4.78 is 52.5. The van der Waals surface area contributed by atoms with Crippen LogP contribution >= 0.6 is 0 Å². The second-order valence-electron chi connectivity index (χ2n) is 6.20. The normalized spacial score (nSPS) is 12.9. The molecule has 1 atom stereocenters. The number of nitrogens with zero attached hydrogens (tertiary/aromatic N) is 1. The first-order chi connectivity index (χ1) is 12.7. The molecule has 0 heterocycles. The highest BCUT2D eigenvalue weighted by Crippen LogP contribution is 2.32. The number of halogens is 4. The molecule has 0 radical (unpaired) electrons. The molecular weight excluding hydrogens is 360 g/mol. The molecule has 0 unspecified atom stereocenters. The van der Waals surface area contributed by atoms with E-state index in [1.165, 1.54) is 30.3 Å². The van der Waals surface area contributed by atoms with Crippen LogP contribution in [0.4, 0.5) is 23.2 Å². The predicted octanol–water partition coefficient (Wildman–Crippen LogP) is 5.17. The van der Waals surface area contributed by atoms with Crippen LogP contribution in [0, 0.1) is 12.7 Å². The molecule has 0 fully saturated rings. The Morgan fingerprint density at radius 1 is 1.11 bits per heavy atom. The Morgan fingerprint density at radius 3 is 2.33 bits per heavy atom. The zero-order valence-electron chi connectivity index (χ0n) is 15.4. The van der Waals surface area contributed by atoms with Crippen LogP contribution in [0.3, 0.4) is 0 Å². The lowest BCUT2D eigenvalue weighted by Crippen LogP contribution is -2.37. The number of likely N-dealkylation sites (N-methyl/N-ethyl adjacent to an activating group) is 1. The van der Waals surface area contributed by atoms with Crippen molar-refractivity contribution < 1.29 is 22.4 Å². The van der Waals surface area contributed by atoms with Crippen LogP contribution in [0.2, 0.25) is 0 Å². The maximum absolute atomic E-state index is 13.3. The van der Waals surface area contributed by atoms with Gasteiger partial charge in [-0.2, -0.15) is 13.2 Å². The minimum Gasteiger partial charge on any atom is -0.324 e. The average Bonchev–Trinajstić information content (AvgIpc) is 2.61. The van der Waals surface area contributed by atoms with Gasteiger partial charge in [-0.05, 0) is 61.5 Å². The van der Waals surface area contributed by atoms with E-state index in [0.29, 0.717) is 24.3 Å². The minimum absolute atomic E-state index is 0.255. The number of nitrogens with one attached hydrogen (secondary N) is 1. The topological polar surface area (TPSA) is 32.3 Å². The smallest absolute Gasteiger partial charge is 0.324 e. The first-order valence-corrected chi connectivity index (χ1v) is 8.65. The minimum atomic E-state index is -4.49. The van der Waals surface area contributed by atoms with E-state index in [9.17, 15) is 22.4 Å². The quantitative estimate of drug-likeness (QED) is 0.699.